The third kappa shape index (κ3) is 5.24. The molecule has 1 unspecified atom stereocenters. The summed E-state index contributed by atoms with van der Waals surface area (Å²) >= 11 is 0. The lowest BCUT2D eigenvalue weighted by molar-refractivity contribution is -0.138. The zero-order valence-electron chi connectivity index (χ0n) is 9.78. The van der Waals surface area contributed by atoms with Gasteiger partial charge in [-0.2, -0.15) is 0 Å². The number of carbonyl (C=O) groups is 2. The van der Waals surface area contributed by atoms with Gasteiger partial charge in [0.2, 0.25) is 0 Å². The fraction of sp³-hybridized carbons (Fsp3) is 0.800. The lowest BCUT2D eigenvalue weighted by Crippen LogP contribution is -2.46. The van der Waals surface area contributed by atoms with Gasteiger partial charge in [0.15, 0.2) is 0 Å². The molecule has 0 saturated heterocycles. The molecule has 5 nitrogen and oxygen atoms in total. The van der Waals surface area contributed by atoms with Crippen LogP contribution in [0.4, 0.5) is 4.79 Å². The first-order chi connectivity index (χ1) is 6.88. The average molecular weight is 216 g/mol. The van der Waals surface area contributed by atoms with Crippen molar-refractivity contribution in [2.75, 3.05) is 13.6 Å². The molecule has 0 saturated carbocycles. The lowest BCUT2D eigenvalue weighted by Gasteiger charge is -2.22. The van der Waals surface area contributed by atoms with Crippen LogP contribution in [-0.4, -0.2) is 41.6 Å². The van der Waals surface area contributed by atoms with Crippen LogP contribution >= 0.6 is 0 Å². The molecule has 0 heterocycles. The van der Waals surface area contributed by atoms with Crippen LogP contribution in [0.15, 0.2) is 0 Å². The highest BCUT2D eigenvalue weighted by molar-refractivity contribution is 5.82. The van der Waals surface area contributed by atoms with Gasteiger partial charge in [-0.05, 0) is 12.8 Å². The van der Waals surface area contributed by atoms with Crippen molar-refractivity contribution >= 4 is 12.0 Å². The predicted octanol–water partition coefficient (Wildman–Crippen LogP) is 1.15. The van der Waals surface area contributed by atoms with E-state index in [1.165, 1.54) is 11.8 Å². The van der Waals surface area contributed by atoms with Gasteiger partial charge in [0, 0.05) is 13.6 Å². The maximum Gasteiger partial charge on any atom is 0.325 e. The molecule has 0 aliphatic heterocycles. The van der Waals surface area contributed by atoms with Crippen molar-refractivity contribution < 1.29 is 14.7 Å². The number of carboxylic acid groups (broad SMARTS) is 1. The predicted molar refractivity (Wildman–Crippen MR) is 57.7 cm³/mol. The van der Waals surface area contributed by atoms with E-state index in [2.05, 4.69) is 12.2 Å². The summed E-state index contributed by atoms with van der Waals surface area (Å²) in [5.74, 6) is -0.610. The Labute approximate surface area is 90.5 Å². The number of hydrogen-bond donors (Lipinski definition) is 2. The van der Waals surface area contributed by atoms with Crippen molar-refractivity contribution in [2.45, 2.75) is 33.2 Å². The minimum Gasteiger partial charge on any atom is -0.480 e. The van der Waals surface area contributed by atoms with E-state index in [1.54, 1.807) is 7.05 Å². The Morgan fingerprint density at radius 1 is 1.40 bits per heavy atom. The Bertz CT molecular complexity index is 231. The van der Waals surface area contributed by atoms with Crippen LogP contribution in [0, 0.1) is 5.92 Å². The van der Waals surface area contributed by atoms with Crippen LogP contribution in [-0.2, 0) is 4.79 Å². The number of carboxylic acids is 1. The summed E-state index contributed by atoms with van der Waals surface area (Å²) in [7, 11) is 1.66. The zero-order valence-corrected chi connectivity index (χ0v) is 9.78. The van der Waals surface area contributed by atoms with Crippen LogP contribution in [0.1, 0.15) is 27.2 Å². The molecule has 5 heteroatoms. The van der Waals surface area contributed by atoms with Gasteiger partial charge in [-0.25, -0.2) is 4.79 Å². The quantitative estimate of drug-likeness (QED) is 0.724. The molecule has 0 aromatic rings. The largest absolute Gasteiger partial charge is 0.480 e. The highest BCUT2D eigenvalue weighted by atomic mass is 16.4. The molecular formula is C10H20N2O3. The van der Waals surface area contributed by atoms with E-state index < -0.39 is 12.0 Å². The Balaban J connectivity index is 4.04. The molecule has 88 valence electrons. The maximum absolute atomic E-state index is 11.5. The second-order valence-corrected chi connectivity index (χ2v) is 3.90. The number of nitrogens with zero attached hydrogens (tertiary/aromatic N) is 1. The normalized spacial score (nSPS) is 14.1. The van der Waals surface area contributed by atoms with E-state index in [4.69, 9.17) is 5.11 Å². The van der Waals surface area contributed by atoms with Crippen molar-refractivity contribution in [2.24, 2.45) is 5.92 Å². The smallest absolute Gasteiger partial charge is 0.325 e. The van der Waals surface area contributed by atoms with Crippen molar-refractivity contribution in [3.8, 4) is 0 Å². The van der Waals surface area contributed by atoms with E-state index in [-0.39, 0.29) is 6.03 Å². The Morgan fingerprint density at radius 2 is 1.93 bits per heavy atom. The highest BCUT2D eigenvalue weighted by Gasteiger charge is 2.17. The van der Waals surface area contributed by atoms with Gasteiger partial charge in [-0.1, -0.05) is 20.3 Å². The summed E-state index contributed by atoms with van der Waals surface area (Å²) in [6.07, 6.45) is 0.992. The molecule has 0 aliphatic carbocycles. The molecule has 0 aliphatic rings. The van der Waals surface area contributed by atoms with Crippen LogP contribution in [0.2, 0.25) is 0 Å². The Morgan fingerprint density at radius 3 is 2.33 bits per heavy atom. The van der Waals surface area contributed by atoms with Crippen molar-refractivity contribution in [3.63, 3.8) is 0 Å². The van der Waals surface area contributed by atoms with Gasteiger partial charge in [0.05, 0.1) is 0 Å². The van der Waals surface area contributed by atoms with Crippen LogP contribution in [0.5, 0.6) is 0 Å². The maximum atomic E-state index is 11.5. The fourth-order valence-electron chi connectivity index (χ4n) is 1.04. The summed E-state index contributed by atoms with van der Waals surface area (Å²) in [5, 5.41) is 11.0. The molecule has 0 spiro atoms. The molecule has 0 radical (unpaired) electrons. The van der Waals surface area contributed by atoms with Gasteiger partial charge in [-0.3, -0.25) is 4.79 Å². The number of carbonyl (C=O) groups excluding carboxylic acids is 1. The van der Waals surface area contributed by atoms with Crippen LogP contribution in [0.25, 0.3) is 0 Å². The first-order valence-electron chi connectivity index (χ1n) is 5.12. The number of nitrogens with one attached hydrogen (secondary N) is 1. The molecule has 2 amide bonds. The number of hydrogen-bond acceptors (Lipinski definition) is 2. The minimum absolute atomic E-state index is 0.342. The molecule has 2 N–H and O–H groups in total. The number of rotatable bonds is 5. The molecule has 0 bridgehead atoms. The average Bonchev–Trinajstić information content (AvgIpc) is 2.16. The van der Waals surface area contributed by atoms with Gasteiger partial charge < -0.3 is 15.3 Å². The summed E-state index contributed by atoms with van der Waals surface area (Å²) in [6.45, 7) is 6.17. The number of amides is 2. The number of aliphatic carboxylic acids is 1. The zero-order chi connectivity index (χ0) is 12.0. The van der Waals surface area contributed by atoms with Gasteiger partial charge in [0.25, 0.3) is 0 Å². The molecule has 0 aromatic carbocycles. The Kier molecular flexibility index (Phi) is 5.74. The minimum atomic E-state index is -1.03. The molecule has 2 atom stereocenters. The second-order valence-electron chi connectivity index (χ2n) is 3.90. The molecule has 15 heavy (non-hydrogen) atoms. The summed E-state index contributed by atoms with van der Waals surface area (Å²) in [4.78, 5) is 23.5. The SMILES string of the molecule is CCC(C)CN(C)C(=O)N[C@H](C)C(=O)O. The van der Waals surface area contributed by atoms with Gasteiger partial charge >= 0.3 is 12.0 Å². The van der Waals surface area contributed by atoms with Crippen molar-refractivity contribution in [1.29, 1.82) is 0 Å². The van der Waals surface area contributed by atoms with E-state index in [0.717, 1.165) is 6.42 Å². The van der Waals surface area contributed by atoms with Crippen molar-refractivity contribution in [3.05, 3.63) is 0 Å². The van der Waals surface area contributed by atoms with E-state index in [0.29, 0.717) is 12.5 Å². The van der Waals surface area contributed by atoms with Gasteiger partial charge in [0.1, 0.15) is 6.04 Å². The van der Waals surface area contributed by atoms with Crippen molar-refractivity contribution in [1.82, 2.24) is 10.2 Å². The number of urea groups is 1. The van der Waals surface area contributed by atoms with E-state index >= 15 is 0 Å². The fourth-order valence-corrected chi connectivity index (χ4v) is 1.04. The first kappa shape index (κ1) is 13.7. The van der Waals surface area contributed by atoms with Gasteiger partial charge in [-0.15, -0.1) is 0 Å². The van der Waals surface area contributed by atoms with E-state index in [1.807, 2.05) is 6.92 Å². The van der Waals surface area contributed by atoms with Crippen LogP contribution < -0.4 is 5.32 Å². The summed E-state index contributed by atoms with van der Waals surface area (Å²) in [5.41, 5.74) is 0. The van der Waals surface area contributed by atoms with Crippen LogP contribution in [0.3, 0.4) is 0 Å². The molecular weight excluding hydrogens is 196 g/mol. The summed E-state index contributed by atoms with van der Waals surface area (Å²) in [6, 6.07) is -1.19. The highest BCUT2D eigenvalue weighted by Crippen LogP contribution is 2.02. The first-order valence-corrected chi connectivity index (χ1v) is 5.12. The van der Waals surface area contributed by atoms with E-state index in [9.17, 15) is 9.59 Å². The monoisotopic (exact) mass is 216 g/mol. The molecule has 0 fully saturated rings. The standard InChI is InChI=1S/C10H20N2O3/c1-5-7(2)6-12(4)10(15)11-8(3)9(13)14/h7-8H,5-6H2,1-4H3,(H,11,15)(H,13,14)/t7?,8-/m1/s1. The third-order valence-electron chi connectivity index (χ3n) is 2.34. The topological polar surface area (TPSA) is 69.6 Å². The third-order valence-corrected chi connectivity index (χ3v) is 2.34. The summed E-state index contributed by atoms with van der Waals surface area (Å²) < 4.78 is 0. The molecule has 0 rings (SSSR count). The molecule has 0 aromatic heterocycles. The Hall–Kier alpha value is -1.26. The lowest BCUT2D eigenvalue weighted by atomic mass is 10.1. The second kappa shape index (κ2) is 6.27.